The van der Waals surface area contributed by atoms with E-state index in [0.29, 0.717) is 24.2 Å². The van der Waals surface area contributed by atoms with Gasteiger partial charge >= 0.3 is 5.97 Å². The van der Waals surface area contributed by atoms with Crippen LogP contribution in [0, 0.1) is 11.3 Å². The van der Waals surface area contributed by atoms with E-state index in [0.717, 1.165) is 25.8 Å². The van der Waals surface area contributed by atoms with Gasteiger partial charge in [0.15, 0.2) is 5.82 Å². The maximum atomic E-state index is 11.6. The van der Waals surface area contributed by atoms with Crippen molar-refractivity contribution in [1.29, 1.82) is 0 Å². The summed E-state index contributed by atoms with van der Waals surface area (Å²) in [5.41, 5.74) is -0.245. The number of piperidine rings is 1. The average molecular weight is 295 g/mol. The zero-order valence-corrected chi connectivity index (χ0v) is 13.3. The van der Waals surface area contributed by atoms with Crippen molar-refractivity contribution in [3.05, 3.63) is 11.7 Å². The molecule has 1 aromatic rings. The number of likely N-dealkylation sites (tertiary alicyclic amines) is 1. The minimum atomic E-state index is -0.776. The second-order valence-corrected chi connectivity index (χ2v) is 7.01. The summed E-state index contributed by atoms with van der Waals surface area (Å²) in [6, 6.07) is -0.508. The van der Waals surface area contributed by atoms with E-state index < -0.39 is 12.0 Å². The highest BCUT2D eigenvalue weighted by atomic mass is 16.5. The molecule has 6 heteroatoms. The Morgan fingerprint density at radius 3 is 2.86 bits per heavy atom. The molecule has 0 spiro atoms. The van der Waals surface area contributed by atoms with Crippen LogP contribution in [-0.2, 0) is 17.8 Å². The van der Waals surface area contributed by atoms with Crippen LogP contribution in [0.25, 0.3) is 0 Å². The highest BCUT2D eigenvalue weighted by Gasteiger charge is 2.42. The van der Waals surface area contributed by atoms with Gasteiger partial charge in [-0.25, -0.2) is 0 Å². The highest BCUT2D eigenvalue weighted by Crippen LogP contribution is 2.35. The second kappa shape index (κ2) is 6.13. The fourth-order valence-corrected chi connectivity index (χ4v) is 3.13. The third kappa shape index (κ3) is 3.81. The summed E-state index contributed by atoms with van der Waals surface area (Å²) in [5.74, 6) is 0.899. The number of hydrogen-bond donors (Lipinski definition) is 1. The lowest BCUT2D eigenvalue weighted by atomic mass is 9.76. The van der Waals surface area contributed by atoms with Crippen molar-refractivity contribution in [2.45, 2.75) is 59.5 Å². The SMILES string of the molecule is CC(C)Cc1noc(CN2CCCC(C)(C)C2C(=O)O)n1. The number of carbonyl (C=O) groups is 1. The van der Waals surface area contributed by atoms with Crippen molar-refractivity contribution in [3.8, 4) is 0 Å². The molecule has 1 unspecified atom stereocenters. The molecule has 0 bridgehead atoms. The molecule has 0 radical (unpaired) electrons. The standard InChI is InChI=1S/C15H25N3O3/c1-10(2)8-11-16-12(21-17-11)9-18-7-5-6-15(3,4)13(18)14(19)20/h10,13H,5-9H2,1-4H3,(H,19,20). The number of hydrogen-bond acceptors (Lipinski definition) is 5. The smallest absolute Gasteiger partial charge is 0.321 e. The maximum absolute atomic E-state index is 11.6. The van der Waals surface area contributed by atoms with E-state index in [4.69, 9.17) is 4.52 Å². The fourth-order valence-electron chi connectivity index (χ4n) is 3.13. The van der Waals surface area contributed by atoms with E-state index in [2.05, 4.69) is 24.0 Å². The van der Waals surface area contributed by atoms with Gasteiger partial charge in [-0.15, -0.1) is 0 Å². The molecule has 6 nitrogen and oxygen atoms in total. The predicted molar refractivity (Wildman–Crippen MR) is 77.7 cm³/mol. The van der Waals surface area contributed by atoms with Crippen molar-refractivity contribution >= 4 is 5.97 Å². The van der Waals surface area contributed by atoms with E-state index in [9.17, 15) is 9.90 Å². The molecule has 2 rings (SSSR count). The predicted octanol–water partition coefficient (Wildman–Crippen LogP) is 2.34. The Bertz CT molecular complexity index is 496. The van der Waals surface area contributed by atoms with Gasteiger partial charge in [-0.2, -0.15) is 4.98 Å². The first-order valence-electron chi connectivity index (χ1n) is 7.58. The summed E-state index contributed by atoms with van der Waals surface area (Å²) >= 11 is 0. The Hall–Kier alpha value is -1.43. The molecule has 2 heterocycles. The summed E-state index contributed by atoms with van der Waals surface area (Å²) < 4.78 is 5.27. The third-order valence-electron chi connectivity index (χ3n) is 4.05. The molecule has 1 N–H and O–H groups in total. The molecule has 21 heavy (non-hydrogen) atoms. The minimum absolute atomic E-state index is 0.245. The van der Waals surface area contributed by atoms with Gasteiger partial charge in [-0.05, 0) is 30.7 Å². The van der Waals surface area contributed by atoms with Gasteiger partial charge in [0.2, 0.25) is 5.89 Å². The Balaban J connectivity index is 2.09. The van der Waals surface area contributed by atoms with Gasteiger partial charge in [-0.3, -0.25) is 9.69 Å². The molecular weight excluding hydrogens is 270 g/mol. The summed E-state index contributed by atoms with van der Waals surface area (Å²) in [6.45, 7) is 9.38. The molecule has 1 saturated heterocycles. The summed E-state index contributed by atoms with van der Waals surface area (Å²) in [7, 11) is 0. The lowest BCUT2D eigenvalue weighted by Crippen LogP contribution is -2.53. The van der Waals surface area contributed by atoms with Crippen LogP contribution in [0.3, 0.4) is 0 Å². The first kappa shape index (κ1) is 15.9. The van der Waals surface area contributed by atoms with Gasteiger partial charge < -0.3 is 9.63 Å². The van der Waals surface area contributed by atoms with Crippen LogP contribution in [0.1, 0.15) is 52.3 Å². The van der Waals surface area contributed by atoms with E-state index >= 15 is 0 Å². The van der Waals surface area contributed by atoms with Gasteiger partial charge in [0, 0.05) is 6.42 Å². The van der Waals surface area contributed by atoms with Crippen molar-refractivity contribution < 1.29 is 14.4 Å². The monoisotopic (exact) mass is 295 g/mol. The Morgan fingerprint density at radius 2 is 2.24 bits per heavy atom. The average Bonchev–Trinajstić information content (AvgIpc) is 2.73. The maximum Gasteiger partial charge on any atom is 0.321 e. The summed E-state index contributed by atoms with van der Waals surface area (Å²) in [4.78, 5) is 17.9. The van der Waals surface area contributed by atoms with Crippen molar-refractivity contribution in [2.75, 3.05) is 6.54 Å². The normalized spacial score (nSPS) is 22.6. The molecule has 1 atom stereocenters. The number of nitrogens with zero attached hydrogens (tertiary/aromatic N) is 3. The van der Waals surface area contributed by atoms with Crippen molar-refractivity contribution in [2.24, 2.45) is 11.3 Å². The quantitative estimate of drug-likeness (QED) is 0.898. The van der Waals surface area contributed by atoms with Crippen LogP contribution in [0.2, 0.25) is 0 Å². The van der Waals surface area contributed by atoms with E-state index in [1.165, 1.54) is 0 Å². The zero-order chi connectivity index (χ0) is 15.6. The summed E-state index contributed by atoms with van der Waals surface area (Å²) in [5, 5.41) is 13.5. The van der Waals surface area contributed by atoms with Gasteiger partial charge in [0.1, 0.15) is 6.04 Å². The number of carboxylic acid groups (broad SMARTS) is 1. The molecular formula is C15H25N3O3. The number of aliphatic carboxylic acids is 1. The lowest BCUT2D eigenvalue weighted by Gasteiger charge is -2.43. The topological polar surface area (TPSA) is 79.5 Å². The molecule has 1 aromatic heterocycles. The largest absolute Gasteiger partial charge is 0.480 e. The van der Waals surface area contributed by atoms with Gasteiger partial charge in [0.05, 0.1) is 6.54 Å². The van der Waals surface area contributed by atoms with Crippen LogP contribution in [0.5, 0.6) is 0 Å². The Labute approximate surface area is 125 Å². The lowest BCUT2D eigenvalue weighted by molar-refractivity contribution is -0.151. The summed E-state index contributed by atoms with van der Waals surface area (Å²) in [6.07, 6.45) is 2.68. The van der Waals surface area contributed by atoms with Crippen LogP contribution in [0.4, 0.5) is 0 Å². The van der Waals surface area contributed by atoms with Crippen molar-refractivity contribution in [1.82, 2.24) is 15.0 Å². The number of carboxylic acids is 1. The molecule has 1 fully saturated rings. The van der Waals surface area contributed by atoms with Gasteiger partial charge in [-0.1, -0.05) is 32.9 Å². The molecule has 0 aromatic carbocycles. The highest BCUT2D eigenvalue weighted by molar-refractivity contribution is 5.74. The Kier molecular flexibility index (Phi) is 4.66. The molecule has 118 valence electrons. The van der Waals surface area contributed by atoms with Crippen molar-refractivity contribution in [3.63, 3.8) is 0 Å². The fraction of sp³-hybridized carbons (Fsp3) is 0.800. The first-order chi connectivity index (χ1) is 9.79. The second-order valence-electron chi connectivity index (χ2n) is 7.01. The van der Waals surface area contributed by atoms with Crippen LogP contribution < -0.4 is 0 Å². The van der Waals surface area contributed by atoms with E-state index in [1.54, 1.807) is 0 Å². The van der Waals surface area contributed by atoms with Gasteiger partial charge in [0.25, 0.3) is 0 Å². The minimum Gasteiger partial charge on any atom is -0.480 e. The molecule has 0 amide bonds. The zero-order valence-electron chi connectivity index (χ0n) is 13.3. The number of aromatic nitrogens is 2. The Morgan fingerprint density at radius 1 is 1.52 bits per heavy atom. The molecule has 0 saturated carbocycles. The van der Waals surface area contributed by atoms with E-state index in [1.807, 2.05) is 18.7 Å². The van der Waals surface area contributed by atoms with Crippen LogP contribution in [-0.4, -0.2) is 38.7 Å². The van der Waals surface area contributed by atoms with Crippen LogP contribution >= 0.6 is 0 Å². The van der Waals surface area contributed by atoms with Crippen LogP contribution in [0.15, 0.2) is 4.52 Å². The molecule has 1 aliphatic rings. The number of rotatable bonds is 5. The third-order valence-corrected chi connectivity index (χ3v) is 4.05. The molecule has 1 aliphatic heterocycles. The first-order valence-corrected chi connectivity index (χ1v) is 7.58. The van der Waals surface area contributed by atoms with E-state index in [-0.39, 0.29) is 5.41 Å². The molecule has 0 aliphatic carbocycles.